The Hall–Kier alpha value is -3.64. The minimum absolute atomic E-state index is 0.0720. The van der Waals surface area contributed by atoms with Crippen molar-refractivity contribution in [2.45, 2.75) is 116 Å². The van der Waals surface area contributed by atoms with Crippen molar-refractivity contribution in [1.82, 2.24) is 24.8 Å². The molecule has 12 heteroatoms. The zero-order valence-corrected chi connectivity index (χ0v) is 30.9. The van der Waals surface area contributed by atoms with Gasteiger partial charge in [0, 0.05) is 43.6 Å². The smallest absolute Gasteiger partial charge is 0.407 e. The van der Waals surface area contributed by atoms with Crippen molar-refractivity contribution in [3.63, 3.8) is 0 Å². The van der Waals surface area contributed by atoms with Crippen molar-refractivity contribution >= 4 is 31.1 Å². The summed E-state index contributed by atoms with van der Waals surface area (Å²) in [7, 11) is 0.322. The molecule has 0 atom stereocenters. The molecule has 2 amide bonds. The molecule has 0 bridgehead atoms. The third-order valence-electron chi connectivity index (χ3n) is 9.48. The summed E-state index contributed by atoms with van der Waals surface area (Å²) in [6.07, 6.45) is 5.71. The van der Waals surface area contributed by atoms with Crippen LogP contribution >= 0.6 is 0 Å². The van der Waals surface area contributed by atoms with E-state index in [4.69, 9.17) is 19.2 Å². The number of hydrogen-bond donors (Lipinski definition) is 2. The molecule has 48 heavy (non-hydrogen) atoms. The van der Waals surface area contributed by atoms with Gasteiger partial charge in [-0.15, -0.1) is 0 Å². The minimum atomic E-state index is -1.31. The van der Waals surface area contributed by atoms with E-state index < -0.39 is 19.7 Å². The van der Waals surface area contributed by atoms with Gasteiger partial charge in [0.25, 0.3) is 5.91 Å². The summed E-state index contributed by atoms with van der Waals surface area (Å²) in [5.74, 6) is 1.76. The number of carbonyl (C=O) groups is 2. The molecule has 5 rings (SSSR count). The highest BCUT2D eigenvalue weighted by atomic mass is 28.3. The maximum absolute atomic E-state index is 14.1. The van der Waals surface area contributed by atoms with Crippen LogP contribution in [0, 0.1) is 12.8 Å². The van der Waals surface area contributed by atoms with Gasteiger partial charge in [-0.2, -0.15) is 0 Å². The van der Waals surface area contributed by atoms with Gasteiger partial charge in [-0.25, -0.2) is 14.8 Å². The first kappa shape index (κ1) is 35.7. The third-order valence-corrected chi connectivity index (χ3v) is 11.2. The van der Waals surface area contributed by atoms with E-state index in [1.807, 2.05) is 50.5 Å². The number of carboxylic acid groups (broad SMARTS) is 1. The summed E-state index contributed by atoms with van der Waals surface area (Å²) in [5.41, 5.74) is 3.44. The van der Waals surface area contributed by atoms with Gasteiger partial charge in [-0.1, -0.05) is 19.6 Å². The topological polar surface area (TPSA) is 128 Å². The highest BCUT2D eigenvalue weighted by Gasteiger charge is 2.36. The molecule has 2 aliphatic carbocycles. The number of fused-ring (bicyclic) bond motifs is 1. The molecule has 2 aliphatic rings. The van der Waals surface area contributed by atoms with Crippen LogP contribution in [0.4, 0.5) is 4.79 Å². The number of carbonyl (C=O) groups excluding carboxylic acids is 1. The van der Waals surface area contributed by atoms with Crippen LogP contribution in [0.3, 0.4) is 0 Å². The van der Waals surface area contributed by atoms with Crippen LogP contribution in [-0.2, 0) is 11.5 Å². The zero-order valence-electron chi connectivity index (χ0n) is 29.9. The van der Waals surface area contributed by atoms with Crippen LogP contribution in [0.15, 0.2) is 24.5 Å². The molecule has 0 unspecified atom stereocenters. The first-order chi connectivity index (χ1) is 22.7. The van der Waals surface area contributed by atoms with Crippen LogP contribution in [-0.4, -0.2) is 82.6 Å². The molecule has 1 aromatic carbocycles. The summed E-state index contributed by atoms with van der Waals surface area (Å²) >= 11 is 0. The largest absolute Gasteiger partial charge is 0.497 e. The molecule has 2 heterocycles. The second-order valence-corrected chi connectivity index (χ2v) is 21.2. The summed E-state index contributed by atoms with van der Waals surface area (Å²) in [5, 5.41) is 13.2. The minimum Gasteiger partial charge on any atom is -0.497 e. The highest BCUT2D eigenvalue weighted by Crippen LogP contribution is 2.40. The molecular formula is C36H53N5O6Si. The summed E-state index contributed by atoms with van der Waals surface area (Å²) in [4.78, 5) is 37.2. The second-order valence-electron chi connectivity index (χ2n) is 15.6. The van der Waals surface area contributed by atoms with Crippen molar-refractivity contribution in [2.75, 3.05) is 20.3 Å². The number of methoxy groups -OCH3 is 1. The van der Waals surface area contributed by atoms with Gasteiger partial charge < -0.3 is 34.1 Å². The van der Waals surface area contributed by atoms with Gasteiger partial charge in [0.05, 0.1) is 24.8 Å². The molecule has 2 aromatic heterocycles. The van der Waals surface area contributed by atoms with Crippen LogP contribution in [0.2, 0.25) is 25.7 Å². The molecule has 0 saturated heterocycles. The Bertz CT molecular complexity index is 1620. The second kappa shape index (κ2) is 14.5. The average Bonchev–Trinajstić information content (AvgIpc) is 3.80. The number of rotatable bonds is 13. The Morgan fingerprint density at radius 3 is 2.40 bits per heavy atom. The van der Waals surface area contributed by atoms with E-state index in [0.717, 1.165) is 17.3 Å². The van der Waals surface area contributed by atoms with Crippen molar-refractivity contribution in [1.29, 1.82) is 0 Å². The van der Waals surface area contributed by atoms with Gasteiger partial charge >= 0.3 is 6.09 Å². The lowest BCUT2D eigenvalue weighted by atomic mass is 9.88. The van der Waals surface area contributed by atoms with Crippen molar-refractivity contribution in [3.8, 4) is 22.8 Å². The molecular weight excluding hydrogens is 627 g/mol. The Balaban J connectivity index is 1.48. The normalized spacial score (nSPS) is 18.5. The molecule has 3 aromatic rings. The molecule has 0 spiro atoms. The average molecular weight is 680 g/mol. The van der Waals surface area contributed by atoms with E-state index in [9.17, 15) is 14.7 Å². The van der Waals surface area contributed by atoms with Gasteiger partial charge in [-0.05, 0) is 96.4 Å². The molecule has 0 aliphatic heterocycles. The first-order valence-corrected chi connectivity index (χ1v) is 20.9. The lowest BCUT2D eigenvalue weighted by Gasteiger charge is -2.42. The monoisotopic (exact) mass is 679 g/mol. The van der Waals surface area contributed by atoms with Crippen LogP contribution < -0.4 is 14.8 Å². The molecule has 2 saturated carbocycles. The third kappa shape index (κ3) is 8.31. The summed E-state index contributed by atoms with van der Waals surface area (Å²) in [6, 6.07) is 6.61. The van der Waals surface area contributed by atoms with Crippen LogP contribution in [0.5, 0.6) is 11.5 Å². The van der Waals surface area contributed by atoms with Gasteiger partial charge in [0.1, 0.15) is 35.8 Å². The quantitative estimate of drug-likeness (QED) is 0.142. The predicted molar refractivity (Wildman–Crippen MR) is 190 cm³/mol. The van der Waals surface area contributed by atoms with Gasteiger partial charge in [0.2, 0.25) is 0 Å². The fraction of sp³-hybridized carbons (Fsp3) is 0.611. The fourth-order valence-electron chi connectivity index (χ4n) is 6.62. The van der Waals surface area contributed by atoms with Crippen LogP contribution in [0.25, 0.3) is 22.3 Å². The number of aromatic nitrogens is 3. The Kier molecular flexibility index (Phi) is 10.7. The van der Waals surface area contributed by atoms with Gasteiger partial charge in [0.15, 0.2) is 0 Å². The number of ether oxygens (including phenoxy) is 3. The first-order valence-electron chi connectivity index (χ1n) is 17.2. The lowest BCUT2D eigenvalue weighted by Crippen LogP contribution is -2.53. The number of nitrogens with zero attached hydrogens (tertiary/aromatic N) is 4. The van der Waals surface area contributed by atoms with E-state index in [-0.39, 0.29) is 24.7 Å². The summed E-state index contributed by atoms with van der Waals surface area (Å²) < 4.78 is 20.2. The number of amides is 2. The summed E-state index contributed by atoms with van der Waals surface area (Å²) in [6.45, 7) is 16.2. The Morgan fingerprint density at radius 1 is 1.08 bits per heavy atom. The van der Waals surface area contributed by atoms with E-state index in [2.05, 4.69) is 29.9 Å². The maximum atomic E-state index is 14.1. The van der Waals surface area contributed by atoms with Crippen molar-refractivity contribution < 1.29 is 28.9 Å². The van der Waals surface area contributed by atoms with E-state index >= 15 is 0 Å². The maximum Gasteiger partial charge on any atom is 0.407 e. The SMILES string of the molecule is COc1ccc(OCC2CC2)c(-c2ncnc3c(C(=O)NC4CCC(N(C(=O)O)C(C)(C)C)CC4)c(C)n(COCC[Si](C)(C)C)c23)c1. The van der Waals surface area contributed by atoms with E-state index in [1.54, 1.807) is 12.0 Å². The van der Waals surface area contributed by atoms with Gasteiger partial charge in [-0.3, -0.25) is 4.79 Å². The van der Waals surface area contributed by atoms with Crippen LogP contribution in [0.1, 0.15) is 75.3 Å². The molecule has 11 nitrogen and oxygen atoms in total. The Morgan fingerprint density at radius 2 is 1.79 bits per heavy atom. The molecule has 262 valence electrons. The standard InChI is InChI=1S/C36H53N5O6Si/c1-23-30(34(42)39-25-11-13-26(14-12-25)41(35(43)44)36(2,3)4)32-33(40(23)22-46-17-18-48(6,7)8)31(37-21-38-32)28-19-27(45-5)15-16-29(28)47-20-24-9-10-24/h15-16,19,21,24-26H,9-14,17-18,20,22H2,1-8H3,(H,39,42)(H,43,44). The number of nitrogens with one attached hydrogen (secondary N) is 1. The molecule has 2 fully saturated rings. The molecule has 2 N–H and O–H groups in total. The molecule has 0 radical (unpaired) electrons. The van der Waals surface area contributed by atoms with E-state index in [0.29, 0.717) is 78.6 Å². The lowest BCUT2D eigenvalue weighted by molar-refractivity contribution is 0.0519. The van der Waals surface area contributed by atoms with Crippen molar-refractivity contribution in [2.24, 2.45) is 5.92 Å². The van der Waals surface area contributed by atoms with Crippen molar-refractivity contribution in [3.05, 3.63) is 35.8 Å². The fourth-order valence-corrected chi connectivity index (χ4v) is 7.38. The number of hydrogen-bond acceptors (Lipinski definition) is 7. The highest BCUT2D eigenvalue weighted by molar-refractivity contribution is 6.76. The number of benzene rings is 1. The Labute approximate surface area is 285 Å². The van der Waals surface area contributed by atoms with E-state index in [1.165, 1.54) is 19.2 Å². The zero-order chi connectivity index (χ0) is 34.8. The predicted octanol–water partition coefficient (Wildman–Crippen LogP) is 7.34.